The van der Waals surface area contributed by atoms with E-state index in [-0.39, 0.29) is 28.5 Å². The highest BCUT2D eigenvalue weighted by Gasteiger charge is 2.30. The van der Waals surface area contributed by atoms with Crippen LogP contribution in [0.2, 0.25) is 0 Å². The maximum Gasteiger partial charge on any atom is 0.230 e. The predicted molar refractivity (Wildman–Crippen MR) is 179 cm³/mol. The first-order chi connectivity index (χ1) is 21.5. The van der Waals surface area contributed by atoms with Gasteiger partial charge in [-0.1, -0.05) is 45.1 Å². The number of hydrogen-bond donors (Lipinski definition) is 1. The summed E-state index contributed by atoms with van der Waals surface area (Å²) < 4.78 is 17.0. The quantitative estimate of drug-likeness (QED) is 0.146. The number of ether oxygens (including phenoxy) is 3. The first-order valence-corrected chi connectivity index (χ1v) is 14.9. The molecule has 0 aliphatic carbocycles. The molecule has 5 rings (SSSR count). The Kier molecular flexibility index (Phi) is 9.15. The van der Waals surface area contributed by atoms with Crippen LogP contribution >= 0.6 is 12.2 Å². The fourth-order valence-electron chi connectivity index (χ4n) is 5.09. The summed E-state index contributed by atoms with van der Waals surface area (Å²) in [5.74, 6) is 1.47. The van der Waals surface area contributed by atoms with E-state index in [1.165, 1.54) is 6.33 Å². The monoisotopic (exact) mass is 621 g/mol. The fraction of sp³-hybridized carbons (Fsp3) is 0.286. The number of carbonyl (C=O) groups is 1. The molecule has 1 atom stereocenters. The molecule has 4 aromatic rings. The van der Waals surface area contributed by atoms with Crippen LogP contribution in [-0.2, 0) is 11.2 Å². The van der Waals surface area contributed by atoms with Gasteiger partial charge in [-0.25, -0.2) is 9.97 Å². The van der Waals surface area contributed by atoms with Crippen LogP contribution in [0.25, 0.3) is 10.9 Å². The summed E-state index contributed by atoms with van der Waals surface area (Å²) >= 11 is 5.59. The molecule has 2 aromatic carbocycles. The number of aryl methyl sites for hydroxylation is 1. The minimum atomic E-state index is -0.470. The molecule has 0 saturated heterocycles. The minimum absolute atomic E-state index is 0.104. The molecule has 10 heteroatoms. The third kappa shape index (κ3) is 6.96. The minimum Gasteiger partial charge on any atom is -0.493 e. The molecule has 230 valence electrons. The second-order valence-corrected chi connectivity index (χ2v) is 12.3. The number of Topliss-reactive ketones (excluding diaryl/α,β-unsaturated/α-hetero) is 1. The van der Waals surface area contributed by atoms with E-state index >= 15 is 0 Å². The predicted octanol–water partition coefficient (Wildman–Crippen LogP) is 7.20. The van der Waals surface area contributed by atoms with E-state index in [0.29, 0.717) is 46.0 Å². The molecule has 0 bridgehead atoms. The van der Waals surface area contributed by atoms with Gasteiger partial charge in [0, 0.05) is 42.4 Å². The summed E-state index contributed by atoms with van der Waals surface area (Å²) in [6.45, 7) is 8.23. The van der Waals surface area contributed by atoms with Gasteiger partial charge in [-0.15, -0.1) is 0 Å². The Morgan fingerprint density at radius 1 is 1.07 bits per heavy atom. The molecule has 0 radical (unpaired) electrons. The highest BCUT2D eigenvalue weighted by molar-refractivity contribution is 7.82. The van der Waals surface area contributed by atoms with Crippen molar-refractivity contribution in [3.63, 3.8) is 0 Å². The summed E-state index contributed by atoms with van der Waals surface area (Å²) in [7, 11) is 3.12. The van der Waals surface area contributed by atoms with Gasteiger partial charge < -0.3 is 14.2 Å². The lowest BCUT2D eigenvalue weighted by Crippen LogP contribution is -2.30. The molecular formula is C35H35N5O4S. The molecule has 1 N–H and O–H groups in total. The lowest BCUT2D eigenvalue weighted by Gasteiger charge is -2.28. The lowest BCUT2D eigenvalue weighted by atomic mass is 9.82. The number of ketones is 1. The van der Waals surface area contributed by atoms with Crippen molar-refractivity contribution in [1.82, 2.24) is 15.0 Å². The second kappa shape index (κ2) is 13.0. The molecular weight excluding hydrogens is 586 g/mol. The molecule has 1 aliphatic rings. The Labute approximate surface area is 267 Å². The van der Waals surface area contributed by atoms with Crippen molar-refractivity contribution in [1.29, 1.82) is 5.41 Å². The van der Waals surface area contributed by atoms with Gasteiger partial charge in [-0.05, 0) is 59.5 Å². The number of carbonyl (C=O) groups excluding carboxylic acids is 1. The Hall–Kier alpha value is -4.83. The molecule has 3 heterocycles. The Balaban J connectivity index is 1.34. The second-order valence-electron chi connectivity index (χ2n) is 11.8. The molecule has 0 saturated carbocycles. The van der Waals surface area contributed by atoms with E-state index in [9.17, 15) is 4.79 Å². The largest absolute Gasteiger partial charge is 0.493 e. The zero-order valence-electron chi connectivity index (χ0n) is 26.2. The van der Waals surface area contributed by atoms with E-state index < -0.39 is 5.78 Å². The van der Waals surface area contributed by atoms with Gasteiger partial charge >= 0.3 is 0 Å². The number of benzene rings is 2. The molecule has 0 spiro atoms. The van der Waals surface area contributed by atoms with Crippen LogP contribution in [0.3, 0.4) is 0 Å². The molecule has 1 aliphatic heterocycles. The topological polar surface area (TPSA) is 120 Å². The number of hydrogen-bond acceptors (Lipinski definition) is 10. The molecule has 0 fully saturated rings. The Morgan fingerprint density at radius 2 is 1.82 bits per heavy atom. The van der Waals surface area contributed by atoms with Gasteiger partial charge in [0.2, 0.25) is 11.7 Å². The number of nitrogens with one attached hydrogen (secondary N) is 1. The summed E-state index contributed by atoms with van der Waals surface area (Å²) in [6.07, 6.45) is 7.46. The number of aliphatic imine (C=N–C) groups is 1. The smallest absolute Gasteiger partial charge is 0.230 e. The molecule has 45 heavy (non-hydrogen) atoms. The van der Waals surface area contributed by atoms with Gasteiger partial charge in [0.15, 0.2) is 11.5 Å². The van der Waals surface area contributed by atoms with Crippen LogP contribution in [0.15, 0.2) is 77.8 Å². The van der Waals surface area contributed by atoms with Crippen LogP contribution in [0.4, 0.5) is 0 Å². The van der Waals surface area contributed by atoms with Crippen molar-refractivity contribution >= 4 is 45.2 Å². The first-order valence-electron chi connectivity index (χ1n) is 14.5. The Morgan fingerprint density at radius 3 is 2.53 bits per heavy atom. The van der Waals surface area contributed by atoms with Crippen molar-refractivity contribution in [3.05, 3.63) is 89.5 Å². The average Bonchev–Trinajstić information content (AvgIpc) is 3.03. The number of aromatic nitrogens is 3. The van der Waals surface area contributed by atoms with Crippen molar-refractivity contribution in [2.75, 3.05) is 14.2 Å². The van der Waals surface area contributed by atoms with Crippen LogP contribution in [-0.4, -0.2) is 51.2 Å². The highest BCUT2D eigenvalue weighted by atomic mass is 32.1. The van der Waals surface area contributed by atoms with Gasteiger partial charge in [-0.2, -0.15) is 0 Å². The maximum absolute atomic E-state index is 13.5. The summed E-state index contributed by atoms with van der Waals surface area (Å²) in [4.78, 5) is 31.6. The number of thiocarbonyl (C=S) groups is 1. The number of allylic oxidation sites excluding steroid dienone is 1. The van der Waals surface area contributed by atoms with Crippen LogP contribution in [0.1, 0.15) is 49.9 Å². The van der Waals surface area contributed by atoms with Gasteiger partial charge in [0.25, 0.3) is 0 Å². The molecule has 0 amide bonds. The Bertz CT molecular complexity index is 1880. The van der Waals surface area contributed by atoms with Crippen molar-refractivity contribution < 1.29 is 19.0 Å². The summed E-state index contributed by atoms with van der Waals surface area (Å²) in [6, 6.07) is 12.5. The van der Waals surface area contributed by atoms with Gasteiger partial charge in [-0.3, -0.25) is 20.2 Å². The number of methoxy groups -OCH3 is 2. The normalized spacial score (nSPS) is 14.8. The standard InChI is InChI=1S/C35H35N5O4S/c1-20-10-11-37-18-25(20)27-14-22(15-31(40-27)35(2,3)4)32(36)33(41)30(45)13-21-8-7-9-23(12-21)44-34-24-16-28(42-5)29(43-6)17-26(24)38-19-39-34/h7-12,15-19,27,36H,13-14H2,1-6H3/t27-/m0/s1. The fourth-order valence-corrected chi connectivity index (χ4v) is 5.36. The number of fused-ring (bicyclic) bond motifs is 1. The third-order valence-corrected chi connectivity index (χ3v) is 7.94. The number of pyridine rings is 1. The molecule has 0 unspecified atom stereocenters. The highest BCUT2D eigenvalue weighted by Crippen LogP contribution is 2.37. The number of dihydropyridines is 1. The van der Waals surface area contributed by atoms with Crippen molar-refractivity contribution in [2.45, 2.75) is 46.6 Å². The SMILES string of the molecule is COc1cc2ncnc(Oc3cccc(CC(=S)C(=O)C(=N)C4=CC(C(C)(C)C)=N[C@H](c5cnccc5C)C4)c3)c2cc1OC. The van der Waals surface area contributed by atoms with E-state index in [1.807, 2.05) is 43.5 Å². The van der Waals surface area contributed by atoms with Crippen LogP contribution in [0, 0.1) is 17.7 Å². The van der Waals surface area contributed by atoms with E-state index in [4.69, 9.17) is 36.8 Å². The van der Waals surface area contributed by atoms with Crippen LogP contribution in [0.5, 0.6) is 23.1 Å². The van der Waals surface area contributed by atoms with Gasteiger partial charge in [0.05, 0.1) is 36.0 Å². The number of nitrogens with zero attached hydrogens (tertiary/aromatic N) is 4. The summed E-state index contributed by atoms with van der Waals surface area (Å²) in [5, 5.41) is 9.53. The average molecular weight is 622 g/mol. The summed E-state index contributed by atoms with van der Waals surface area (Å²) in [5.41, 5.74) is 4.54. The molecule has 2 aromatic heterocycles. The molecule has 9 nitrogen and oxygen atoms in total. The van der Waals surface area contributed by atoms with E-state index in [0.717, 1.165) is 22.4 Å². The lowest BCUT2D eigenvalue weighted by molar-refractivity contribution is -0.107. The maximum atomic E-state index is 13.5. The third-order valence-electron chi connectivity index (χ3n) is 7.61. The van der Waals surface area contributed by atoms with Gasteiger partial charge in [0.1, 0.15) is 17.8 Å². The van der Waals surface area contributed by atoms with E-state index in [2.05, 4.69) is 35.7 Å². The van der Waals surface area contributed by atoms with E-state index in [1.54, 1.807) is 38.6 Å². The van der Waals surface area contributed by atoms with Crippen molar-refractivity contribution in [3.8, 4) is 23.1 Å². The first kappa shape index (κ1) is 31.6. The zero-order valence-corrected chi connectivity index (χ0v) is 27.0. The zero-order chi connectivity index (χ0) is 32.3. The number of rotatable bonds is 10. The van der Waals surface area contributed by atoms with Crippen LogP contribution < -0.4 is 14.2 Å². The van der Waals surface area contributed by atoms with Crippen molar-refractivity contribution in [2.24, 2.45) is 10.4 Å².